The van der Waals surface area contributed by atoms with Crippen LogP contribution in [0.4, 0.5) is 4.79 Å². The number of hydrogen-bond acceptors (Lipinski definition) is 6. The number of methoxy groups -OCH3 is 2. The van der Waals surface area contributed by atoms with Gasteiger partial charge in [-0.3, -0.25) is 0 Å². The van der Waals surface area contributed by atoms with Crippen molar-refractivity contribution >= 4 is 28.0 Å². The van der Waals surface area contributed by atoms with Crippen LogP contribution >= 0.6 is 15.9 Å². The van der Waals surface area contributed by atoms with E-state index in [2.05, 4.69) is 21.2 Å². The minimum absolute atomic E-state index is 0.0808. The van der Waals surface area contributed by atoms with Gasteiger partial charge in [-0.05, 0) is 54.4 Å². The number of benzene rings is 1. The van der Waals surface area contributed by atoms with Crippen LogP contribution in [0.2, 0.25) is 0 Å². The number of halogens is 1. The molecule has 134 valence electrons. The Morgan fingerprint density at radius 1 is 1.29 bits per heavy atom. The topological polar surface area (TPSA) is 94.1 Å². The molecule has 1 amide bonds. The molecule has 0 aliphatic heterocycles. The molecule has 0 aliphatic rings. The van der Waals surface area contributed by atoms with Crippen molar-refractivity contribution < 1.29 is 28.9 Å². The summed E-state index contributed by atoms with van der Waals surface area (Å²) in [4.78, 5) is 23.8. The molecule has 0 spiro atoms. The SMILES string of the molecule is COC(=O)[C@H](Cc1cc(O)c(OC)c(Br)c1)NC(=O)OC(C)(C)C. The van der Waals surface area contributed by atoms with Gasteiger partial charge in [-0.25, -0.2) is 9.59 Å². The standard InChI is InChI=1S/C16H22BrNO6/c1-16(2,3)24-15(21)18-11(14(20)23-5)7-9-6-10(17)13(22-4)12(19)8-9/h6,8,11,19H,7H2,1-5H3,(H,18,21)/t11-/m0/s1. The first-order chi connectivity index (χ1) is 11.1. The van der Waals surface area contributed by atoms with Gasteiger partial charge in [0.1, 0.15) is 11.6 Å². The minimum Gasteiger partial charge on any atom is -0.504 e. The molecule has 1 aromatic carbocycles. The molecule has 0 unspecified atom stereocenters. The number of esters is 1. The average molecular weight is 404 g/mol. The van der Waals surface area contributed by atoms with E-state index in [4.69, 9.17) is 14.2 Å². The number of aromatic hydroxyl groups is 1. The number of hydrogen-bond donors (Lipinski definition) is 2. The molecule has 2 N–H and O–H groups in total. The maximum Gasteiger partial charge on any atom is 0.408 e. The molecule has 0 aromatic heterocycles. The van der Waals surface area contributed by atoms with E-state index in [1.54, 1.807) is 26.8 Å². The predicted molar refractivity (Wildman–Crippen MR) is 91.2 cm³/mol. The van der Waals surface area contributed by atoms with E-state index >= 15 is 0 Å². The number of rotatable bonds is 5. The highest BCUT2D eigenvalue weighted by Gasteiger charge is 2.26. The van der Waals surface area contributed by atoms with Gasteiger partial charge in [0.05, 0.1) is 18.7 Å². The Balaban J connectivity index is 2.95. The molecule has 7 nitrogen and oxygen atoms in total. The lowest BCUT2D eigenvalue weighted by molar-refractivity contribution is -0.143. The van der Waals surface area contributed by atoms with Crippen molar-refractivity contribution in [3.63, 3.8) is 0 Å². The van der Waals surface area contributed by atoms with Crippen LogP contribution in [0.1, 0.15) is 26.3 Å². The second-order valence-electron chi connectivity index (χ2n) is 6.06. The molecule has 0 saturated heterocycles. The van der Waals surface area contributed by atoms with E-state index in [1.807, 2.05) is 0 Å². The van der Waals surface area contributed by atoms with Crippen LogP contribution in [0.25, 0.3) is 0 Å². The van der Waals surface area contributed by atoms with Gasteiger partial charge >= 0.3 is 12.1 Å². The van der Waals surface area contributed by atoms with Gasteiger partial charge in [0.15, 0.2) is 11.5 Å². The summed E-state index contributed by atoms with van der Waals surface area (Å²) < 4.78 is 15.4. The molecule has 0 radical (unpaired) electrons. The van der Waals surface area contributed by atoms with Crippen LogP contribution < -0.4 is 10.1 Å². The lowest BCUT2D eigenvalue weighted by Gasteiger charge is -2.22. The number of carbonyl (C=O) groups is 2. The molecule has 8 heteroatoms. The van der Waals surface area contributed by atoms with Crippen LogP contribution in [0.3, 0.4) is 0 Å². The van der Waals surface area contributed by atoms with Crippen LogP contribution in [-0.2, 0) is 20.7 Å². The lowest BCUT2D eigenvalue weighted by atomic mass is 10.1. The third kappa shape index (κ3) is 5.92. The zero-order chi connectivity index (χ0) is 18.5. The van der Waals surface area contributed by atoms with Crippen molar-refractivity contribution in [2.24, 2.45) is 0 Å². The van der Waals surface area contributed by atoms with Crippen molar-refractivity contribution in [1.82, 2.24) is 5.32 Å². The number of amides is 1. The Kier molecular flexibility index (Phi) is 6.89. The Morgan fingerprint density at radius 2 is 1.92 bits per heavy atom. The first-order valence-corrected chi connectivity index (χ1v) is 7.99. The normalized spacial score (nSPS) is 12.2. The van der Waals surface area contributed by atoms with E-state index in [-0.39, 0.29) is 17.9 Å². The first-order valence-electron chi connectivity index (χ1n) is 7.20. The Hall–Kier alpha value is -1.96. The van der Waals surface area contributed by atoms with Gasteiger partial charge in [0.2, 0.25) is 0 Å². The van der Waals surface area contributed by atoms with Crippen LogP contribution in [0.15, 0.2) is 16.6 Å². The fourth-order valence-corrected chi connectivity index (χ4v) is 2.63. The van der Waals surface area contributed by atoms with Gasteiger partial charge in [-0.1, -0.05) is 0 Å². The van der Waals surface area contributed by atoms with Crippen molar-refractivity contribution in [3.8, 4) is 11.5 Å². The van der Waals surface area contributed by atoms with E-state index in [9.17, 15) is 14.7 Å². The second-order valence-corrected chi connectivity index (χ2v) is 6.91. The summed E-state index contributed by atoms with van der Waals surface area (Å²) in [6.45, 7) is 5.16. The molecule has 0 aliphatic carbocycles. The molecular formula is C16H22BrNO6. The van der Waals surface area contributed by atoms with Crippen LogP contribution in [-0.4, -0.2) is 43.0 Å². The maximum atomic E-state index is 11.9. The van der Waals surface area contributed by atoms with E-state index in [0.29, 0.717) is 10.0 Å². The predicted octanol–water partition coefficient (Wildman–Crippen LogP) is 2.77. The van der Waals surface area contributed by atoms with Gasteiger partial charge < -0.3 is 24.6 Å². The van der Waals surface area contributed by atoms with Crippen molar-refractivity contribution in [2.75, 3.05) is 14.2 Å². The summed E-state index contributed by atoms with van der Waals surface area (Å²) >= 11 is 3.28. The zero-order valence-corrected chi connectivity index (χ0v) is 15.9. The van der Waals surface area contributed by atoms with Gasteiger partial charge in [0.25, 0.3) is 0 Å². The molecule has 0 bridgehead atoms. The van der Waals surface area contributed by atoms with Gasteiger partial charge in [-0.2, -0.15) is 0 Å². The third-order valence-electron chi connectivity index (χ3n) is 2.90. The van der Waals surface area contributed by atoms with Crippen molar-refractivity contribution in [2.45, 2.75) is 38.8 Å². The summed E-state index contributed by atoms with van der Waals surface area (Å²) in [6, 6.07) is 2.19. The molecular weight excluding hydrogens is 382 g/mol. The van der Waals surface area contributed by atoms with Crippen LogP contribution in [0, 0.1) is 0 Å². The Morgan fingerprint density at radius 3 is 2.38 bits per heavy atom. The molecule has 0 fully saturated rings. The monoisotopic (exact) mass is 403 g/mol. The number of nitrogens with one attached hydrogen (secondary N) is 1. The summed E-state index contributed by atoms with van der Waals surface area (Å²) in [5.74, 6) is -0.413. The quantitative estimate of drug-likeness (QED) is 0.733. The number of carbonyl (C=O) groups excluding carboxylic acids is 2. The highest BCUT2D eigenvalue weighted by atomic mass is 79.9. The fraction of sp³-hybridized carbons (Fsp3) is 0.500. The highest BCUT2D eigenvalue weighted by Crippen LogP contribution is 2.35. The van der Waals surface area contributed by atoms with Gasteiger partial charge in [0, 0.05) is 6.42 Å². The average Bonchev–Trinajstić information content (AvgIpc) is 2.43. The highest BCUT2D eigenvalue weighted by molar-refractivity contribution is 9.10. The Labute approximate surface area is 149 Å². The molecule has 1 aromatic rings. The maximum absolute atomic E-state index is 11.9. The number of phenols is 1. The summed E-state index contributed by atoms with van der Waals surface area (Å²) in [5, 5.41) is 12.4. The molecule has 1 rings (SSSR count). The molecule has 0 heterocycles. The largest absolute Gasteiger partial charge is 0.504 e. The Bertz CT molecular complexity index is 588. The molecule has 1 atom stereocenters. The van der Waals surface area contributed by atoms with E-state index in [0.717, 1.165) is 0 Å². The molecule has 24 heavy (non-hydrogen) atoms. The lowest BCUT2D eigenvalue weighted by Crippen LogP contribution is -2.45. The summed E-state index contributed by atoms with van der Waals surface area (Å²) in [5.41, 5.74) is -0.0850. The van der Waals surface area contributed by atoms with E-state index in [1.165, 1.54) is 20.3 Å². The zero-order valence-electron chi connectivity index (χ0n) is 14.3. The van der Waals surface area contributed by atoms with Gasteiger partial charge in [-0.15, -0.1) is 0 Å². The molecule has 0 saturated carbocycles. The number of phenolic OH excluding ortho intramolecular Hbond substituents is 1. The first kappa shape index (κ1) is 20.1. The third-order valence-corrected chi connectivity index (χ3v) is 3.49. The van der Waals surface area contributed by atoms with Crippen LogP contribution in [0.5, 0.6) is 11.5 Å². The van der Waals surface area contributed by atoms with Crippen molar-refractivity contribution in [3.05, 3.63) is 22.2 Å². The number of alkyl carbamates (subject to hydrolysis) is 1. The minimum atomic E-state index is -0.954. The van der Waals surface area contributed by atoms with E-state index < -0.39 is 23.7 Å². The summed E-state index contributed by atoms with van der Waals surface area (Å²) in [7, 11) is 2.66. The summed E-state index contributed by atoms with van der Waals surface area (Å²) in [6.07, 6.45) is -0.614. The number of ether oxygens (including phenoxy) is 3. The second kappa shape index (κ2) is 8.23. The smallest absolute Gasteiger partial charge is 0.408 e. The van der Waals surface area contributed by atoms with Crippen molar-refractivity contribution in [1.29, 1.82) is 0 Å². The fourth-order valence-electron chi connectivity index (χ4n) is 1.97.